The molecule has 122 valence electrons. The van der Waals surface area contributed by atoms with Gasteiger partial charge in [-0.1, -0.05) is 17.7 Å². The van der Waals surface area contributed by atoms with Crippen LogP contribution in [0.15, 0.2) is 60.7 Å². The zero-order valence-corrected chi connectivity index (χ0v) is 13.7. The molecule has 0 aliphatic heterocycles. The minimum Gasteiger partial charge on any atom is -0.339 e. The first-order chi connectivity index (χ1) is 12.1. The number of aromatic nitrogens is 2. The van der Waals surface area contributed by atoms with E-state index in [-0.39, 0.29) is 5.91 Å². The fourth-order valence-corrected chi connectivity index (χ4v) is 2.25. The number of halogens is 1. The highest BCUT2D eigenvalue weighted by atomic mass is 35.5. The quantitative estimate of drug-likeness (QED) is 0.743. The van der Waals surface area contributed by atoms with Crippen LogP contribution in [-0.4, -0.2) is 16.1 Å². The first-order valence-electron chi connectivity index (χ1n) is 7.32. The topological polar surface area (TPSA) is 90.7 Å². The SMILES string of the molecule is N#Cc1ccc(Nc2ccc(NC(=O)c3cccc(Cl)c3)nn2)cc1. The maximum Gasteiger partial charge on any atom is 0.256 e. The first-order valence-corrected chi connectivity index (χ1v) is 7.70. The van der Waals surface area contributed by atoms with E-state index in [2.05, 4.69) is 26.9 Å². The summed E-state index contributed by atoms with van der Waals surface area (Å²) >= 11 is 5.87. The Bertz CT molecular complexity index is 933. The summed E-state index contributed by atoms with van der Waals surface area (Å²) in [6.45, 7) is 0. The van der Waals surface area contributed by atoms with Gasteiger partial charge in [-0.05, 0) is 54.6 Å². The van der Waals surface area contributed by atoms with Crippen LogP contribution in [0, 0.1) is 11.3 Å². The largest absolute Gasteiger partial charge is 0.339 e. The van der Waals surface area contributed by atoms with Crippen molar-refractivity contribution in [2.45, 2.75) is 0 Å². The van der Waals surface area contributed by atoms with Crippen LogP contribution in [0.2, 0.25) is 5.02 Å². The number of carbonyl (C=O) groups excluding carboxylic acids is 1. The molecule has 0 radical (unpaired) electrons. The van der Waals surface area contributed by atoms with Crippen molar-refractivity contribution in [3.63, 3.8) is 0 Å². The van der Waals surface area contributed by atoms with Gasteiger partial charge >= 0.3 is 0 Å². The lowest BCUT2D eigenvalue weighted by atomic mass is 10.2. The number of carbonyl (C=O) groups is 1. The maximum atomic E-state index is 12.1. The van der Waals surface area contributed by atoms with Crippen molar-refractivity contribution < 1.29 is 4.79 Å². The van der Waals surface area contributed by atoms with Gasteiger partial charge in [0.25, 0.3) is 5.91 Å². The molecule has 3 aromatic rings. The van der Waals surface area contributed by atoms with Crippen molar-refractivity contribution in [3.05, 3.63) is 76.8 Å². The van der Waals surface area contributed by atoms with Gasteiger partial charge < -0.3 is 10.6 Å². The van der Waals surface area contributed by atoms with Crippen LogP contribution < -0.4 is 10.6 Å². The Morgan fingerprint density at radius 3 is 2.36 bits per heavy atom. The number of benzene rings is 2. The van der Waals surface area contributed by atoms with E-state index in [0.717, 1.165) is 5.69 Å². The summed E-state index contributed by atoms with van der Waals surface area (Å²) < 4.78 is 0. The van der Waals surface area contributed by atoms with E-state index in [1.807, 2.05) is 0 Å². The monoisotopic (exact) mass is 349 g/mol. The van der Waals surface area contributed by atoms with E-state index >= 15 is 0 Å². The van der Waals surface area contributed by atoms with Crippen LogP contribution in [-0.2, 0) is 0 Å². The second kappa shape index (κ2) is 7.43. The molecule has 1 aromatic heterocycles. The van der Waals surface area contributed by atoms with E-state index in [4.69, 9.17) is 16.9 Å². The Kier molecular flexibility index (Phi) is 4.88. The number of amides is 1. The highest BCUT2D eigenvalue weighted by Gasteiger charge is 2.08. The minimum atomic E-state index is -0.315. The van der Waals surface area contributed by atoms with Crippen molar-refractivity contribution in [2.75, 3.05) is 10.6 Å². The second-order valence-electron chi connectivity index (χ2n) is 5.08. The van der Waals surface area contributed by atoms with Crippen LogP contribution in [0.4, 0.5) is 17.3 Å². The average Bonchev–Trinajstić information content (AvgIpc) is 2.64. The molecule has 0 aliphatic carbocycles. The summed E-state index contributed by atoms with van der Waals surface area (Å²) in [4.78, 5) is 12.1. The molecule has 3 rings (SSSR count). The Hall–Kier alpha value is -3.43. The van der Waals surface area contributed by atoms with Crippen LogP contribution in [0.1, 0.15) is 15.9 Å². The molecule has 0 saturated carbocycles. The highest BCUT2D eigenvalue weighted by molar-refractivity contribution is 6.31. The van der Waals surface area contributed by atoms with Crippen molar-refractivity contribution in [1.29, 1.82) is 5.26 Å². The van der Waals surface area contributed by atoms with E-state index in [1.165, 1.54) is 0 Å². The smallest absolute Gasteiger partial charge is 0.256 e. The number of anilines is 3. The summed E-state index contributed by atoms with van der Waals surface area (Å²) in [6, 6.07) is 19.0. The third-order valence-electron chi connectivity index (χ3n) is 3.28. The molecule has 6 nitrogen and oxygen atoms in total. The zero-order valence-electron chi connectivity index (χ0n) is 12.9. The number of hydrogen-bond acceptors (Lipinski definition) is 5. The van der Waals surface area contributed by atoms with Gasteiger partial charge in [0.05, 0.1) is 11.6 Å². The molecule has 0 unspecified atom stereocenters. The molecule has 0 saturated heterocycles. The van der Waals surface area contributed by atoms with Gasteiger partial charge in [-0.25, -0.2) is 0 Å². The molecule has 25 heavy (non-hydrogen) atoms. The molecule has 0 spiro atoms. The molecular formula is C18H12ClN5O. The van der Waals surface area contributed by atoms with Gasteiger partial charge in [-0.2, -0.15) is 5.26 Å². The van der Waals surface area contributed by atoms with Crippen molar-refractivity contribution >= 4 is 34.8 Å². The Morgan fingerprint density at radius 1 is 1.00 bits per heavy atom. The van der Waals surface area contributed by atoms with Crippen molar-refractivity contribution in [1.82, 2.24) is 10.2 Å². The number of rotatable bonds is 4. The van der Waals surface area contributed by atoms with Crippen LogP contribution in [0.3, 0.4) is 0 Å². The molecule has 7 heteroatoms. The van der Waals surface area contributed by atoms with Gasteiger partial charge in [0.15, 0.2) is 11.6 Å². The van der Waals surface area contributed by atoms with E-state index in [0.29, 0.717) is 27.8 Å². The predicted molar refractivity (Wildman–Crippen MR) is 95.9 cm³/mol. The third kappa shape index (κ3) is 4.31. The predicted octanol–water partition coefficient (Wildman–Crippen LogP) is 4.00. The molecular weight excluding hydrogens is 338 g/mol. The molecule has 0 aliphatic rings. The third-order valence-corrected chi connectivity index (χ3v) is 3.51. The molecule has 2 N–H and O–H groups in total. The zero-order chi connectivity index (χ0) is 17.6. The summed E-state index contributed by atoms with van der Waals surface area (Å²) in [6.07, 6.45) is 0. The molecule has 1 heterocycles. The van der Waals surface area contributed by atoms with Gasteiger partial charge in [0, 0.05) is 16.3 Å². The minimum absolute atomic E-state index is 0.315. The van der Waals surface area contributed by atoms with Gasteiger partial charge in [0.2, 0.25) is 0 Å². The Morgan fingerprint density at radius 2 is 1.72 bits per heavy atom. The van der Waals surface area contributed by atoms with Gasteiger partial charge in [-0.3, -0.25) is 4.79 Å². The normalized spacial score (nSPS) is 9.92. The standard InChI is InChI=1S/C18H12ClN5O/c19-14-3-1-2-13(10-14)18(25)22-17-9-8-16(23-24-17)21-15-6-4-12(11-20)5-7-15/h1-10H,(H,21,23)(H,22,24,25). The first kappa shape index (κ1) is 16.4. The van der Waals surface area contributed by atoms with E-state index in [9.17, 15) is 4.79 Å². The lowest BCUT2D eigenvalue weighted by Crippen LogP contribution is -2.13. The summed E-state index contributed by atoms with van der Waals surface area (Å²) in [5.41, 5.74) is 1.80. The van der Waals surface area contributed by atoms with Crippen LogP contribution in [0.5, 0.6) is 0 Å². The molecule has 0 atom stereocenters. The lowest BCUT2D eigenvalue weighted by molar-refractivity contribution is 0.102. The molecule has 1 amide bonds. The summed E-state index contributed by atoms with van der Waals surface area (Å²) in [5, 5.41) is 23.0. The number of nitriles is 1. The van der Waals surface area contributed by atoms with Gasteiger partial charge in [-0.15, -0.1) is 10.2 Å². The van der Waals surface area contributed by atoms with E-state index < -0.39 is 0 Å². The molecule has 2 aromatic carbocycles. The fraction of sp³-hybridized carbons (Fsp3) is 0. The van der Waals surface area contributed by atoms with Crippen molar-refractivity contribution in [3.8, 4) is 6.07 Å². The van der Waals surface area contributed by atoms with Crippen LogP contribution in [0.25, 0.3) is 0 Å². The number of nitrogens with zero attached hydrogens (tertiary/aromatic N) is 3. The highest BCUT2D eigenvalue weighted by Crippen LogP contribution is 2.16. The molecule has 0 bridgehead atoms. The number of nitrogens with one attached hydrogen (secondary N) is 2. The number of hydrogen-bond donors (Lipinski definition) is 2. The van der Waals surface area contributed by atoms with Crippen molar-refractivity contribution in [2.24, 2.45) is 0 Å². The fourth-order valence-electron chi connectivity index (χ4n) is 2.06. The molecule has 0 fully saturated rings. The lowest BCUT2D eigenvalue weighted by Gasteiger charge is -2.07. The summed E-state index contributed by atoms with van der Waals surface area (Å²) in [5.74, 6) is 0.533. The van der Waals surface area contributed by atoms with Gasteiger partial charge in [0.1, 0.15) is 0 Å². The van der Waals surface area contributed by atoms with E-state index in [1.54, 1.807) is 60.7 Å². The Labute approximate surface area is 149 Å². The second-order valence-corrected chi connectivity index (χ2v) is 5.52. The van der Waals surface area contributed by atoms with Crippen LogP contribution >= 0.6 is 11.6 Å². The average molecular weight is 350 g/mol. The Balaban J connectivity index is 1.65. The maximum absolute atomic E-state index is 12.1. The summed E-state index contributed by atoms with van der Waals surface area (Å²) in [7, 11) is 0.